The van der Waals surface area contributed by atoms with Crippen LogP contribution in [0, 0.1) is 5.92 Å². The third kappa shape index (κ3) is 4.43. The molecule has 3 N–H and O–H groups in total. The highest BCUT2D eigenvalue weighted by Crippen LogP contribution is 2.40. The minimum absolute atomic E-state index is 0.156. The van der Waals surface area contributed by atoms with Gasteiger partial charge in [-0.3, -0.25) is 9.78 Å². The average Bonchev–Trinajstić information content (AvgIpc) is 3.30. The van der Waals surface area contributed by atoms with Gasteiger partial charge < -0.3 is 10.8 Å². The normalized spacial score (nSPS) is 18.3. The number of pyridine rings is 1. The Morgan fingerprint density at radius 1 is 1.11 bits per heavy atom. The summed E-state index contributed by atoms with van der Waals surface area (Å²) in [5, 5.41) is 13.8. The number of carbonyl (C=O) groups is 1. The number of halogens is 1. The molecular formula is C27H28BrN5O2. The summed E-state index contributed by atoms with van der Waals surface area (Å²) in [7, 11) is 0. The highest BCUT2D eigenvalue weighted by atomic mass is 79.9. The molecule has 3 heterocycles. The summed E-state index contributed by atoms with van der Waals surface area (Å²) in [5.74, 6) is 0.116. The molecule has 0 spiro atoms. The molecular weight excluding hydrogens is 506 g/mol. The summed E-state index contributed by atoms with van der Waals surface area (Å²) < 4.78 is 2.38. The molecule has 1 aliphatic rings. The van der Waals surface area contributed by atoms with Crippen LogP contribution in [-0.2, 0) is 4.79 Å². The summed E-state index contributed by atoms with van der Waals surface area (Å²) in [6.07, 6.45) is 6.46. The molecule has 0 amide bonds. The minimum atomic E-state index is -0.713. The fourth-order valence-electron chi connectivity index (χ4n) is 4.88. The number of rotatable bonds is 5. The first-order valence-corrected chi connectivity index (χ1v) is 12.7. The largest absolute Gasteiger partial charge is 0.481 e. The molecule has 0 radical (unpaired) electrons. The third-order valence-corrected chi connectivity index (χ3v) is 7.85. The molecule has 35 heavy (non-hydrogen) atoms. The highest BCUT2D eigenvalue weighted by molar-refractivity contribution is 9.10. The number of aliphatic carboxylic acids is 1. The number of anilines is 1. The van der Waals surface area contributed by atoms with Crippen LogP contribution in [-0.4, -0.2) is 30.7 Å². The number of aromatic nitrogens is 4. The van der Waals surface area contributed by atoms with Crippen molar-refractivity contribution in [3.63, 3.8) is 0 Å². The maximum atomic E-state index is 11.4. The van der Waals surface area contributed by atoms with E-state index in [0.717, 1.165) is 45.4 Å². The molecule has 0 aliphatic heterocycles. The molecule has 0 saturated heterocycles. The lowest BCUT2D eigenvalue weighted by Crippen LogP contribution is -2.21. The molecule has 8 heteroatoms. The smallest absolute Gasteiger partial charge is 0.306 e. The molecule has 1 aromatic carbocycles. The van der Waals surface area contributed by atoms with Crippen LogP contribution in [0.5, 0.6) is 0 Å². The van der Waals surface area contributed by atoms with Gasteiger partial charge in [0.25, 0.3) is 0 Å². The number of benzene rings is 1. The molecule has 1 aliphatic carbocycles. The van der Waals surface area contributed by atoms with Gasteiger partial charge in [0, 0.05) is 28.8 Å². The highest BCUT2D eigenvalue weighted by Gasteiger charge is 2.30. The summed E-state index contributed by atoms with van der Waals surface area (Å²) in [4.78, 5) is 21.1. The topological polar surface area (TPSA) is 106 Å². The van der Waals surface area contributed by atoms with Crippen LogP contribution in [0.1, 0.15) is 62.6 Å². The van der Waals surface area contributed by atoms with E-state index in [1.807, 2.05) is 18.3 Å². The second-order valence-corrected chi connectivity index (χ2v) is 10.4. The summed E-state index contributed by atoms with van der Waals surface area (Å²) in [6.45, 7) is 4.37. The van der Waals surface area contributed by atoms with Gasteiger partial charge in [0.05, 0.1) is 28.0 Å². The maximum Gasteiger partial charge on any atom is 0.306 e. The SMILES string of the molecule is CC(C)c1cccc(-c2ccc(-c3cnn4c(N)c(Br)c([C@H]5CC[C@H](C(=O)O)CC5)nc34)cn2)c1. The Hall–Kier alpha value is -3.26. The molecule has 0 unspecified atom stereocenters. The van der Waals surface area contributed by atoms with Crippen molar-refractivity contribution in [3.05, 3.63) is 64.5 Å². The van der Waals surface area contributed by atoms with Gasteiger partial charge in [0.15, 0.2) is 5.65 Å². The predicted octanol–water partition coefficient (Wildman–Crippen LogP) is 6.28. The van der Waals surface area contributed by atoms with Crippen LogP contribution >= 0.6 is 15.9 Å². The zero-order valence-electron chi connectivity index (χ0n) is 19.8. The first-order valence-electron chi connectivity index (χ1n) is 12.0. The first-order chi connectivity index (χ1) is 16.8. The van der Waals surface area contributed by atoms with Gasteiger partial charge in [-0.15, -0.1) is 0 Å². The number of carboxylic acid groups (broad SMARTS) is 1. The molecule has 5 rings (SSSR count). The zero-order chi connectivity index (χ0) is 24.7. The number of nitrogen functional groups attached to an aromatic ring is 1. The second kappa shape index (κ2) is 9.41. The van der Waals surface area contributed by atoms with Crippen LogP contribution in [0.3, 0.4) is 0 Å². The Labute approximate surface area is 212 Å². The van der Waals surface area contributed by atoms with E-state index in [2.05, 4.69) is 59.1 Å². The van der Waals surface area contributed by atoms with E-state index in [1.165, 1.54) is 5.56 Å². The molecule has 0 bridgehead atoms. The van der Waals surface area contributed by atoms with Gasteiger partial charge in [-0.1, -0.05) is 38.1 Å². The molecule has 1 saturated carbocycles. The van der Waals surface area contributed by atoms with Crippen molar-refractivity contribution in [2.45, 2.75) is 51.4 Å². The second-order valence-electron chi connectivity index (χ2n) is 9.59. The Balaban J connectivity index is 1.48. The quantitative estimate of drug-likeness (QED) is 0.312. The van der Waals surface area contributed by atoms with Crippen molar-refractivity contribution in [1.29, 1.82) is 0 Å². The molecule has 4 aromatic rings. The van der Waals surface area contributed by atoms with E-state index in [1.54, 1.807) is 10.7 Å². The fraction of sp³-hybridized carbons (Fsp3) is 0.333. The van der Waals surface area contributed by atoms with Gasteiger partial charge >= 0.3 is 5.97 Å². The van der Waals surface area contributed by atoms with E-state index in [4.69, 9.17) is 15.7 Å². The molecule has 180 valence electrons. The van der Waals surface area contributed by atoms with Gasteiger partial charge in [-0.05, 0) is 65.2 Å². The molecule has 0 atom stereocenters. The van der Waals surface area contributed by atoms with Gasteiger partial charge in [0.1, 0.15) is 5.82 Å². The lowest BCUT2D eigenvalue weighted by Gasteiger charge is -2.26. The summed E-state index contributed by atoms with van der Waals surface area (Å²) in [5.41, 5.74) is 13.1. The number of nitrogens with zero attached hydrogens (tertiary/aromatic N) is 4. The van der Waals surface area contributed by atoms with Crippen LogP contribution in [0.2, 0.25) is 0 Å². The van der Waals surface area contributed by atoms with Crippen LogP contribution in [0.4, 0.5) is 5.82 Å². The van der Waals surface area contributed by atoms with Crippen molar-refractivity contribution in [1.82, 2.24) is 19.6 Å². The van der Waals surface area contributed by atoms with Crippen molar-refractivity contribution in [3.8, 4) is 22.4 Å². The van der Waals surface area contributed by atoms with E-state index >= 15 is 0 Å². The number of nitrogens with two attached hydrogens (primary N) is 1. The Kier molecular flexibility index (Phi) is 6.32. The van der Waals surface area contributed by atoms with Crippen molar-refractivity contribution in [2.75, 3.05) is 5.73 Å². The number of fused-ring (bicyclic) bond motifs is 1. The van der Waals surface area contributed by atoms with Crippen molar-refractivity contribution < 1.29 is 9.90 Å². The number of carboxylic acids is 1. The Bertz CT molecular complexity index is 1390. The fourth-order valence-corrected chi connectivity index (χ4v) is 5.46. The zero-order valence-corrected chi connectivity index (χ0v) is 21.4. The third-order valence-electron chi connectivity index (χ3n) is 7.03. The minimum Gasteiger partial charge on any atom is -0.481 e. The van der Waals surface area contributed by atoms with E-state index in [9.17, 15) is 9.90 Å². The van der Waals surface area contributed by atoms with E-state index in [0.29, 0.717) is 30.2 Å². The van der Waals surface area contributed by atoms with Crippen LogP contribution in [0.25, 0.3) is 28.0 Å². The molecule has 1 fully saturated rings. The Morgan fingerprint density at radius 2 is 1.89 bits per heavy atom. The van der Waals surface area contributed by atoms with E-state index < -0.39 is 5.97 Å². The monoisotopic (exact) mass is 533 g/mol. The molecule has 7 nitrogen and oxygen atoms in total. The van der Waals surface area contributed by atoms with Gasteiger partial charge in [-0.25, -0.2) is 4.98 Å². The average molecular weight is 534 g/mol. The lowest BCUT2D eigenvalue weighted by atomic mass is 9.80. The molecule has 3 aromatic heterocycles. The number of hydrogen-bond donors (Lipinski definition) is 2. The number of hydrogen-bond acceptors (Lipinski definition) is 5. The summed E-state index contributed by atoms with van der Waals surface area (Å²) >= 11 is 3.62. The standard InChI is InChI=1S/C27H28BrN5O2/c1-15(2)18-4-3-5-19(12-18)22-11-10-20(13-30-22)21-14-31-33-25(29)23(28)24(32-26(21)33)16-6-8-17(9-7-16)27(34)35/h3-5,10-17H,6-9,29H2,1-2H3,(H,34,35)/t16-,17-. The van der Waals surface area contributed by atoms with E-state index in [-0.39, 0.29) is 11.8 Å². The predicted molar refractivity (Wildman–Crippen MR) is 140 cm³/mol. The van der Waals surface area contributed by atoms with Gasteiger partial charge in [-0.2, -0.15) is 9.61 Å². The summed E-state index contributed by atoms with van der Waals surface area (Å²) in [6, 6.07) is 12.5. The van der Waals surface area contributed by atoms with Crippen LogP contribution in [0.15, 0.2) is 53.3 Å². The lowest BCUT2D eigenvalue weighted by molar-refractivity contribution is -0.142. The van der Waals surface area contributed by atoms with Crippen molar-refractivity contribution >= 4 is 33.4 Å². The van der Waals surface area contributed by atoms with Crippen molar-refractivity contribution in [2.24, 2.45) is 5.92 Å². The van der Waals surface area contributed by atoms with Gasteiger partial charge in [0.2, 0.25) is 0 Å². The first kappa shape index (κ1) is 23.5. The van der Waals surface area contributed by atoms with Crippen LogP contribution < -0.4 is 5.73 Å². The maximum absolute atomic E-state index is 11.4. The Morgan fingerprint density at radius 3 is 2.54 bits per heavy atom.